The van der Waals surface area contributed by atoms with E-state index in [0.717, 1.165) is 10.9 Å². The van der Waals surface area contributed by atoms with Crippen molar-refractivity contribution in [3.05, 3.63) is 52.2 Å². The molecule has 3 N–H and O–H groups in total. The largest absolute Gasteiger partial charge is 0.484 e. The number of aromatic nitrogens is 1. The zero-order valence-corrected chi connectivity index (χ0v) is 15.0. The lowest BCUT2D eigenvalue weighted by molar-refractivity contribution is 0.104. The van der Waals surface area contributed by atoms with Crippen molar-refractivity contribution in [1.82, 2.24) is 9.29 Å². The van der Waals surface area contributed by atoms with E-state index < -0.39 is 17.7 Å². The SMILES string of the molecule is C[C@@H](CO)OC1=CN(SCc2cccc(F)c2F)Cc2sc(N)nc21. The van der Waals surface area contributed by atoms with Crippen LogP contribution in [-0.4, -0.2) is 27.1 Å². The highest BCUT2D eigenvalue weighted by atomic mass is 32.2. The number of hydrogen-bond donors (Lipinski definition) is 2. The Bertz CT molecular complexity index is 798. The van der Waals surface area contributed by atoms with Crippen LogP contribution in [0, 0.1) is 11.6 Å². The molecule has 0 spiro atoms. The van der Waals surface area contributed by atoms with Crippen LogP contribution in [0.5, 0.6) is 0 Å². The van der Waals surface area contributed by atoms with E-state index in [1.807, 2.05) is 4.31 Å². The summed E-state index contributed by atoms with van der Waals surface area (Å²) in [5.74, 6) is -0.912. The number of benzene rings is 1. The molecule has 5 nitrogen and oxygen atoms in total. The molecule has 134 valence electrons. The summed E-state index contributed by atoms with van der Waals surface area (Å²) in [6.45, 7) is 2.14. The topological polar surface area (TPSA) is 71.6 Å². The fraction of sp³-hybridized carbons (Fsp3) is 0.312. The molecule has 0 unspecified atom stereocenters. The van der Waals surface area contributed by atoms with Crippen LogP contribution in [0.25, 0.3) is 5.76 Å². The van der Waals surface area contributed by atoms with Crippen molar-refractivity contribution >= 4 is 34.2 Å². The Morgan fingerprint density at radius 2 is 2.28 bits per heavy atom. The zero-order valence-electron chi connectivity index (χ0n) is 13.4. The standard InChI is InChI=1S/C16H17F2N3O2S2/c1-9(7-22)23-12-5-21(6-13-15(12)20-16(19)25-13)24-8-10-3-2-4-11(17)14(10)18/h2-5,9,22H,6-8H2,1H3,(H2,19,20)/t9-/m0/s1. The average Bonchev–Trinajstić information content (AvgIpc) is 2.96. The minimum Gasteiger partial charge on any atom is -0.484 e. The van der Waals surface area contributed by atoms with E-state index in [1.165, 1.54) is 29.4 Å². The Balaban J connectivity index is 1.77. The highest BCUT2D eigenvalue weighted by Gasteiger charge is 2.25. The number of anilines is 1. The molecule has 1 aliphatic heterocycles. The van der Waals surface area contributed by atoms with E-state index in [4.69, 9.17) is 10.5 Å². The quantitative estimate of drug-likeness (QED) is 0.743. The molecule has 0 saturated carbocycles. The van der Waals surface area contributed by atoms with Crippen molar-refractivity contribution in [2.24, 2.45) is 0 Å². The van der Waals surface area contributed by atoms with Gasteiger partial charge in [0.1, 0.15) is 11.8 Å². The second-order valence-corrected chi connectivity index (χ2v) is 7.62. The molecule has 1 aromatic carbocycles. The maximum Gasteiger partial charge on any atom is 0.181 e. The average molecular weight is 385 g/mol. The lowest BCUT2D eigenvalue weighted by Gasteiger charge is -2.26. The molecule has 2 aromatic rings. The van der Waals surface area contributed by atoms with Crippen LogP contribution in [0.2, 0.25) is 0 Å². The predicted octanol–water partition coefficient (Wildman–Crippen LogP) is 3.36. The molecule has 0 bridgehead atoms. The van der Waals surface area contributed by atoms with E-state index in [9.17, 15) is 13.9 Å². The Labute approximate surface area is 152 Å². The maximum absolute atomic E-state index is 13.8. The van der Waals surface area contributed by atoms with Crippen LogP contribution in [-0.2, 0) is 17.0 Å². The van der Waals surface area contributed by atoms with Crippen molar-refractivity contribution in [1.29, 1.82) is 0 Å². The van der Waals surface area contributed by atoms with Crippen LogP contribution in [0.4, 0.5) is 13.9 Å². The minimum atomic E-state index is -0.856. The summed E-state index contributed by atoms with van der Waals surface area (Å²) < 4.78 is 34.7. The number of fused-ring (bicyclic) bond motifs is 1. The lowest BCUT2D eigenvalue weighted by atomic mass is 10.2. The summed E-state index contributed by atoms with van der Waals surface area (Å²) in [4.78, 5) is 5.20. The number of aliphatic hydroxyl groups excluding tert-OH is 1. The summed E-state index contributed by atoms with van der Waals surface area (Å²) in [5, 5.41) is 9.63. The molecule has 2 heterocycles. The number of thiazole rings is 1. The molecule has 0 radical (unpaired) electrons. The van der Waals surface area contributed by atoms with Gasteiger partial charge in [0.25, 0.3) is 0 Å². The Morgan fingerprint density at radius 1 is 1.48 bits per heavy atom. The van der Waals surface area contributed by atoms with Gasteiger partial charge >= 0.3 is 0 Å². The number of hydrogen-bond acceptors (Lipinski definition) is 7. The monoisotopic (exact) mass is 385 g/mol. The Hall–Kier alpha value is -1.84. The van der Waals surface area contributed by atoms with E-state index in [1.54, 1.807) is 19.2 Å². The number of nitrogens with zero attached hydrogens (tertiary/aromatic N) is 2. The second-order valence-electron chi connectivity index (χ2n) is 5.49. The second kappa shape index (κ2) is 7.59. The van der Waals surface area contributed by atoms with Crippen LogP contribution < -0.4 is 5.73 Å². The van der Waals surface area contributed by atoms with Gasteiger partial charge in [-0.3, -0.25) is 0 Å². The van der Waals surface area contributed by atoms with Gasteiger partial charge in [-0.15, -0.1) is 0 Å². The molecule has 0 aliphatic carbocycles. The molecule has 9 heteroatoms. The van der Waals surface area contributed by atoms with Gasteiger partial charge in [0.2, 0.25) is 0 Å². The van der Waals surface area contributed by atoms with Crippen LogP contribution in [0.3, 0.4) is 0 Å². The van der Waals surface area contributed by atoms with Gasteiger partial charge in [0, 0.05) is 11.3 Å². The summed E-state index contributed by atoms with van der Waals surface area (Å²) in [6.07, 6.45) is 1.35. The van der Waals surface area contributed by atoms with Gasteiger partial charge in [-0.05, 0) is 24.9 Å². The molecule has 0 amide bonds. The predicted molar refractivity (Wildman–Crippen MR) is 95.3 cm³/mol. The first-order valence-corrected chi connectivity index (χ1v) is 9.31. The summed E-state index contributed by atoms with van der Waals surface area (Å²) >= 11 is 2.68. The Morgan fingerprint density at radius 3 is 3.04 bits per heavy atom. The van der Waals surface area contributed by atoms with Crippen LogP contribution in [0.1, 0.15) is 23.1 Å². The van der Waals surface area contributed by atoms with E-state index in [-0.39, 0.29) is 12.4 Å². The van der Waals surface area contributed by atoms with E-state index in [0.29, 0.717) is 28.7 Å². The zero-order chi connectivity index (χ0) is 18.0. The third kappa shape index (κ3) is 4.05. The first-order chi connectivity index (χ1) is 12.0. The molecule has 1 atom stereocenters. The number of aliphatic hydroxyl groups is 1. The molecule has 0 fully saturated rings. The molecule has 3 rings (SSSR count). The van der Waals surface area contributed by atoms with Crippen LogP contribution in [0.15, 0.2) is 24.4 Å². The molecule has 1 aliphatic rings. The number of halogens is 2. The minimum absolute atomic E-state index is 0.131. The lowest BCUT2D eigenvalue weighted by Crippen LogP contribution is -2.19. The molecular formula is C16H17F2N3O2S2. The number of ether oxygens (including phenoxy) is 1. The van der Waals surface area contributed by atoms with Gasteiger partial charge < -0.3 is 19.9 Å². The molecule has 1 aromatic heterocycles. The smallest absolute Gasteiger partial charge is 0.181 e. The first kappa shape index (κ1) is 18.0. The fourth-order valence-electron chi connectivity index (χ4n) is 2.28. The summed E-state index contributed by atoms with van der Waals surface area (Å²) in [7, 11) is 0. The number of nitrogens with two attached hydrogens (primary N) is 1. The van der Waals surface area contributed by atoms with Gasteiger partial charge in [0.15, 0.2) is 22.5 Å². The van der Waals surface area contributed by atoms with Gasteiger partial charge in [-0.1, -0.05) is 23.5 Å². The Kier molecular flexibility index (Phi) is 5.45. The van der Waals surface area contributed by atoms with Gasteiger partial charge in [-0.25, -0.2) is 13.8 Å². The van der Waals surface area contributed by atoms with Crippen molar-refractivity contribution < 1.29 is 18.6 Å². The maximum atomic E-state index is 13.8. The number of rotatable bonds is 6. The molecular weight excluding hydrogens is 368 g/mol. The highest BCUT2D eigenvalue weighted by molar-refractivity contribution is 7.96. The van der Waals surface area contributed by atoms with Gasteiger partial charge in [-0.2, -0.15) is 0 Å². The third-order valence-electron chi connectivity index (χ3n) is 3.51. The van der Waals surface area contributed by atoms with E-state index >= 15 is 0 Å². The van der Waals surface area contributed by atoms with Crippen molar-refractivity contribution in [3.63, 3.8) is 0 Å². The van der Waals surface area contributed by atoms with Crippen molar-refractivity contribution in [3.8, 4) is 0 Å². The molecule has 25 heavy (non-hydrogen) atoms. The normalized spacial score (nSPS) is 14.9. The number of nitrogen functional groups attached to an aromatic ring is 1. The van der Waals surface area contributed by atoms with E-state index in [2.05, 4.69) is 4.98 Å². The summed E-state index contributed by atoms with van der Waals surface area (Å²) in [5.41, 5.74) is 6.74. The fourth-order valence-corrected chi connectivity index (χ4v) is 4.12. The van der Waals surface area contributed by atoms with Crippen LogP contribution >= 0.6 is 23.3 Å². The van der Waals surface area contributed by atoms with Crippen molar-refractivity contribution in [2.75, 3.05) is 12.3 Å². The van der Waals surface area contributed by atoms with Gasteiger partial charge in [0.05, 0.1) is 24.2 Å². The summed E-state index contributed by atoms with van der Waals surface area (Å²) in [6, 6.07) is 4.14. The highest BCUT2D eigenvalue weighted by Crippen LogP contribution is 2.36. The molecule has 0 saturated heterocycles. The van der Waals surface area contributed by atoms with Crippen molar-refractivity contribution in [2.45, 2.75) is 25.3 Å². The third-order valence-corrected chi connectivity index (χ3v) is 5.39. The first-order valence-electron chi connectivity index (χ1n) is 7.55.